The maximum Gasteiger partial charge on any atom is 0.335 e. The lowest BCUT2D eigenvalue weighted by Gasteiger charge is -2.07. The maximum absolute atomic E-state index is 11.7. The van der Waals surface area contributed by atoms with Crippen molar-refractivity contribution in [1.29, 1.82) is 0 Å². The number of nitrogens with one attached hydrogen (secondary N) is 1. The topological polar surface area (TPSA) is 104 Å². The highest BCUT2D eigenvalue weighted by Crippen LogP contribution is 2.12. The summed E-state index contributed by atoms with van der Waals surface area (Å²) in [7, 11) is 0. The van der Waals surface area contributed by atoms with Gasteiger partial charge in [0.25, 0.3) is 5.91 Å². The Balaban J connectivity index is 2.86. The molecule has 0 unspecified atom stereocenters. The van der Waals surface area contributed by atoms with Gasteiger partial charge in [0.2, 0.25) is 0 Å². The third-order valence-corrected chi connectivity index (χ3v) is 2.61. The van der Waals surface area contributed by atoms with E-state index in [0.717, 1.165) is 0 Å². The molecule has 0 spiro atoms. The molecule has 1 amide bonds. The summed E-state index contributed by atoms with van der Waals surface area (Å²) in [5.41, 5.74) is 0.550. The Morgan fingerprint density at radius 3 is 1.89 bits per heavy atom. The summed E-state index contributed by atoms with van der Waals surface area (Å²) in [6.45, 7) is 2.75. The molecule has 0 fully saturated rings. The van der Waals surface area contributed by atoms with Crippen LogP contribution in [0.1, 0.15) is 24.2 Å². The minimum atomic E-state index is -1.16. The van der Waals surface area contributed by atoms with Crippen LogP contribution in [-0.4, -0.2) is 28.1 Å². The number of rotatable bonds is 4. The normalized spacial score (nSPS) is 11.5. The van der Waals surface area contributed by atoms with Gasteiger partial charge < -0.3 is 15.5 Å². The lowest BCUT2D eigenvalue weighted by molar-refractivity contribution is -0.133. The Morgan fingerprint density at radius 1 is 0.947 bits per heavy atom. The molecule has 1 aromatic carbocycles. The molecule has 0 radical (unpaired) electrons. The number of anilines is 1. The molecular weight excluding hydrogens is 250 g/mol. The summed E-state index contributed by atoms with van der Waals surface area (Å²) in [4.78, 5) is 33.1. The van der Waals surface area contributed by atoms with Crippen LogP contribution in [0.3, 0.4) is 0 Å². The summed E-state index contributed by atoms with van der Waals surface area (Å²) in [6.07, 6.45) is 0. The zero-order chi connectivity index (χ0) is 14.6. The Hall–Kier alpha value is -2.63. The molecule has 0 atom stereocenters. The highest BCUT2D eigenvalue weighted by Gasteiger charge is 2.13. The second kappa shape index (κ2) is 5.81. The third-order valence-electron chi connectivity index (χ3n) is 2.61. The fourth-order valence-corrected chi connectivity index (χ4v) is 1.25. The van der Waals surface area contributed by atoms with E-state index in [0.29, 0.717) is 5.69 Å². The van der Waals surface area contributed by atoms with Crippen LogP contribution in [0.15, 0.2) is 35.4 Å². The van der Waals surface area contributed by atoms with Crippen LogP contribution in [0, 0.1) is 0 Å². The Kier molecular flexibility index (Phi) is 4.41. The van der Waals surface area contributed by atoms with Crippen molar-refractivity contribution in [2.45, 2.75) is 13.8 Å². The number of carboxylic acids is 2. The van der Waals surface area contributed by atoms with Crippen molar-refractivity contribution in [3.63, 3.8) is 0 Å². The summed E-state index contributed by atoms with van der Waals surface area (Å²) in [5, 5.41) is 20.0. The molecule has 0 aliphatic heterocycles. The molecule has 1 rings (SSSR count). The lowest BCUT2D eigenvalue weighted by Crippen LogP contribution is -2.16. The van der Waals surface area contributed by atoms with Crippen LogP contribution in [-0.2, 0) is 9.59 Å². The standard InChI is InChI=1S/C13H13NO5/c1-7(8(2)12(16)17)11(15)14-10-5-3-9(4-6-10)13(18)19/h3-6H,1-2H3,(H,14,15)(H,16,17)(H,18,19). The van der Waals surface area contributed by atoms with Crippen LogP contribution < -0.4 is 5.32 Å². The molecule has 0 bridgehead atoms. The Labute approximate surface area is 109 Å². The van der Waals surface area contributed by atoms with E-state index >= 15 is 0 Å². The molecule has 100 valence electrons. The number of aromatic carboxylic acids is 1. The first-order valence-electron chi connectivity index (χ1n) is 5.38. The average molecular weight is 263 g/mol. The smallest absolute Gasteiger partial charge is 0.335 e. The van der Waals surface area contributed by atoms with Crippen molar-refractivity contribution in [1.82, 2.24) is 0 Å². The second-order valence-corrected chi connectivity index (χ2v) is 3.89. The number of carboxylic acid groups (broad SMARTS) is 2. The van der Waals surface area contributed by atoms with Gasteiger partial charge >= 0.3 is 11.9 Å². The van der Waals surface area contributed by atoms with Gasteiger partial charge in [0.05, 0.1) is 5.56 Å². The molecular formula is C13H13NO5. The SMILES string of the molecule is CC(C(=O)O)=C(C)C(=O)Nc1ccc(C(=O)O)cc1. The zero-order valence-electron chi connectivity index (χ0n) is 10.4. The summed E-state index contributed by atoms with van der Waals surface area (Å²) in [6, 6.07) is 5.57. The average Bonchev–Trinajstić information content (AvgIpc) is 2.37. The molecule has 0 aromatic heterocycles. The third kappa shape index (κ3) is 3.67. The van der Waals surface area contributed by atoms with E-state index in [1.807, 2.05) is 0 Å². The number of benzene rings is 1. The van der Waals surface area contributed by atoms with Gasteiger partial charge in [-0.15, -0.1) is 0 Å². The molecule has 0 aliphatic carbocycles. The Bertz CT molecular complexity index is 557. The van der Waals surface area contributed by atoms with E-state index in [1.165, 1.54) is 38.1 Å². The summed E-state index contributed by atoms with van der Waals surface area (Å²) in [5.74, 6) is -2.76. The zero-order valence-corrected chi connectivity index (χ0v) is 10.4. The number of carbonyl (C=O) groups is 3. The number of amides is 1. The number of carbonyl (C=O) groups excluding carboxylic acids is 1. The van der Waals surface area contributed by atoms with E-state index in [-0.39, 0.29) is 16.7 Å². The molecule has 6 nitrogen and oxygen atoms in total. The van der Waals surface area contributed by atoms with Crippen molar-refractivity contribution in [2.75, 3.05) is 5.32 Å². The lowest BCUT2D eigenvalue weighted by atomic mass is 10.1. The molecule has 3 N–H and O–H groups in total. The minimum absolute atomic E-state index is 0.0420. The Morgan fingerprint density at radius 2 is 1.47 bits per heavy atom. The van der Waals surface area contributed by atoms with Crippen molar-refractivity contribution in [2.24, 2.45) is 0 Å². The molecule has 1 aromatic rings. The van der Waals surface area contributed by atoms with Crippen LogP contribution in [0.4, 0.5) is 5.69 Å². The largest absolute Gasteiger partial charge is 0.478 e. The first kappa shape index (κ1) is 14.4. The maximum atomic E-state index is 11.7. The van der Waals surface area contributed by atoms with Gasteiger partial charge in [0.1, 0.15) is 0 Å². The fourth-order valence-electron chi connectivity index (χ4n) is 1.25. The van der Waals surface area contributed by atoms with Crippen LogP contribution in [0.25, 0.3) is 0 Å². The van der Waals surface area contributed by atoms with Gasteiger partial charge in [-0.05, 0) is 38.1 Å². The first-order chi connectivity index (χ1) is 8.82. The van der Waals surface area contributed by atoms with Crippen LogP contribution >= 0.6 is 0 Å². The quantitative estimate of drug-likeness (QED) is 0.718. The molecule has 19 heavy (non-hydrogen) atoms. The summed E-state index contributed by atoms with van der Waals surface area (Å²) >= 11 is 0. The number of hydrogen-bond acceptors (Lipinski definition) is 3. The van der Waals surface area contributed by atoms with Crippen molar-refractivity contribution < 1.29 is 24.6 Å². The van der Waals surface area contributed by atoms with Gasteiger partial charge in [-0.25, -0.2) is 9.59 Å². The highest BCUT2D eigenvalue weighted by molar-refractivity contribution is 6.08. The van der Waals surface area contributed by atoms with Gasteiger partial charge in [-0.2, -0.15) is 0 Å². The van der Waals surface area contributed by atoms with Crippen molar-refractivity contribution >= 4 is 23.5 Å². The molecule has 0 aliphatic rings. The van der Waals surface area contributed by atoms with E-state index < -0.39 is 17.8 Å². The minimum Gasteiger partial charge on any atom is -0.478 e. The predicted octanol–water partition coefficient (Wildman–Crippen LogP) is 1.74. The number of hydrogen-bond donors (Lipinski definition) is 3. The second-order valence-electron chi connectivity index (χ2n) is 3.89. The van der Waals surface area contributed by atoms with Gasteiger partial charge in [0.15, 0.2) is 0 Å². The molecule has 6 heteroatoms. The van der Waals surface area contributed by atoms with Crippen molar-refractivity contribution in [3.8, 4) is 0 Å². The summed E-state index contributed by atoms with van der Waals surface area (Å²) < 4.78 is 0. The van der Waals surface area contributed by atoms with Crippen LogP contribution in [0.5, 0.6) is 0 Å². The van der Waals surface area contributed by atoms with Gasteiger partial charge in [-0.3, -0.25) is 4.79 Å². The predicted molar refractivity (Wildman–Crippen MR) is 68.0 cm³/mol. The molecule has 0 saturated heterocycles. The van der Waals surface area contributed by atoms with E-state index in [9.17, 15) is 14.4 Å². The fraction of sp³-hybridized carbons (Fsp3) is 0.154. The van der Waals surface area contributed by atoms with E-state index in [2.05, 4.69) is 5.32 Å². The van der Waals surface area contributed by atoms with Crippen LogP contribution in [0.2, 0.25) is 0 Å². The molecule has 0 saturated carbocycles. The molecule has 0 heterocycles. The van der Waals surface area contributed by atoms with Crippen molar-refractivity contribution in [3.05, 3.63) is 41.0 Å². The monoisotopic (exact) mass is 263 g/mol. The number of aliphatic carboxylic acids is 1. The van der Waals surface area contributed by atoms with Gasteiger partial charge in [0, 0.05) is 16.8 Å². The van der Waals surface area contributed by atoms with E-state index in [1.54, 1.807) is 0 Å². The first-order valence-corrected chi connectivity index (χ1v) is 5.38. The van der Waals surface area contributed by atoms with Gasteiger partial charge in [-0.1, -0.05) is 0 Å². The van der Waals surface area contributed by atoms with E-state index in [4.69, 9.17) is 10.2 Å². The highest BCUT2D eigenvalue weighted by atomic mass is 16.4.